The van der Waals surface area contributed by atoms with Gasteiger partial charge in [0.15, 0.2) is 0 Å². The molecule has 0 aromatic heterocycles. The zero-order chi connectivity index (χ0) is 13.0. The van der Waals surface area contributed by atoms with E-state index in [-0.39, 0.29) is 11.4 Å². The summed E-state index contributed by atoms with van der Waals surface area (Å²) in [5, 5.41) is 4.19. The van der Waals surface area contributed by atoms with E-state index in [9.17, 15) is 4.79 Å². The highest BCUT2D eigenvalue weighted by atomic mass is 32.2. The summed E-state index contributed by atoms with van der Waals surface area (Å²) < 4.78 is 4.80. The average Bonchev–Trinajstić information content (AvgIpc) is 3.16. The van der Waals surface area contributed by atoms with Crippen LogP contribution in [0.3, 0.4) is 0 Å². The fourth-order valence-corrected chi connectivity index (χ4v) is 4.63. The van der Waals surface area contributed by atoms with Crippen molar-refractivity contribution in [2.75, 3.05) is 19.9 Å². The summed E-state index contributed by atoms with van der Waals surface area (Å²) in [6.45, 7) is 0. The molecule has 2 saturated carbocycles. The van der Waals surface area contributed by atoms with Crippen molar-refractivity contribution >= 4 is 17.7 Å². The third-order valence-corrected chi connectivity index (χ3v) is 6.15. The summed E-state index contributed by atoms with van der Waals surface area (Å²) in [5.41, 5.74) is 0.271. The van der Waals surface area contributed by atoms with Gasteiger partial charge in [0.25, 0.3) is 0 Å². The van der Waals surface area contributed by atoms with Crippen LogP contribution in [0.5, 0.6) is 0 Å². The molecule has 1 N–H and O–H groups in total. The summed E-state index contributed by atoms with van der Waals surface area (Å²) in [4.78, 5) is 11.4. The van der Waals surface area contributed by atoms with E-state index in [0.717, 1.165) is 11.0 Å². The molecule has 0 spiro atoms. The maximum Gasteiger partial charge on any atom is 0.306 e. The molecule has 2 unspecified atom stereocenters. The Balaban J connectivity index is 1.78. The normalized spacial score (nSPS) is 29.9. The molecule has 2 rings (SSSR count). The molecule has 3 nitrogen and oxygen atoms in total. The van der Waals surface area contributed by atoms with Gasteiger partial charge < -0.3 is 10.1 Å². The number of ether oxygens (including phenoxy) is 1. The van der Waals surface area contributed by atoms with E-state index >= 15 is 0 Å². The summed E-state index contributed by atoms with van der Waals surface area (Å²) in [5.74, 6) is 1.09. The monoisotopic (exact) mass is 271 g/mol. The largest absolute Gasteiger partial charge is 0.469 e. The van der Waals surface area contributed by atoms with Crippen LogP contribution in [-0.2, 0) is 9.53 Å². The van der Waals surface area contributed by atoms with Crippen molar-refractivity contribution in [2.24, 2.45) is 5.41 Å². The van der Waals surface area contributed by atoms with Crippen LogP contribution in [0.4, 0.5) is 0 Å². The third kappa shape index (κ3) is 3.64. The maximum atomic E-state index is 11.4. The summed E-state index contributed by atoms with van der Waals surface area (Å²) in [6.07, 6.45) is 8.36. The summed E-state index contributed by atoms with van der Waals surface area (Å²) >= 11 is 2.08. The second-order valence-electron chi connectivity index (χ2n) is 5.78. The smallest absolute Gasteiger partial charge is 0.306 e. The van der Waals surface area contributed by atoms with Gasteiger partial charge in [-0.2, -0.15) is 11.8 Å². The van der Waals surface area contributed by atoms with E-state index in [1.807, 2.05) is 0 Å². The van der Waals surface area contributed by atoms with Crippen molar-refractivity contribution in [1.29, 1.82) is 0 Å². The van der Waals surface area contributed by atoms with E-state index in [2.05, 4.69) is 24.1 Å². The fraction of sp³-hybridized carbons (Fsp3) is 0.929. The molecule has 2 aliphatic carbocycles. The number of thioether (sulfide) groups is 1. The van der Waals surface area contributed by atoms with Gasteiger partial charge in [-0.3, -0.25) is 4.79 Å². The van der Waals surface area contributed by atoms with Crippen LogP contribution in [0.25, 0.3) is 0 Å². The molecule has 0 aromatic carbocycles. The lowest BCUT2D eigenvalue weighted by molar-refractivity contribution is -0.141. The number of carbonyl (C=O) groups is 1. The molecule has 0 saturated heterocycles. The third-order valence-electron chi connectivity index (χ3n) is 4.38. The Bertz CT molecular complexity index is 292. The van der Waals surface area contributed by atoms with E-state index in [0.29, 0.717) is 12.5 Å². The zero-order valence-electron chi connectivity index (χ0n) is 11.5. The maximum absolute atomic E-state index is 11.4. The molecule has 0 bridgehead atoms. The first-order valence-electron chi connectivity index (χ1n) is 7.05. The lowest BCUT2D eigenvalue weighted by Gasteiger charge is -2.31. The molecule has 0 radical (unpaired) electrons. The Labute approximate surface area is 114 Å². The second kappa shape index (κ2) is 6.29. The fourth-order valence-electron chi connectivity index (χ4n) is 2.84. The van der Waals surface area contributed by atoms with Crippen LogP contribution in [0.2, 0.25) is 0 Å². The number of rotatable bonds is 6. The van der Waals surface area contributed by atoms with Crippen LogP contribution >= 0.6 is 11.8 Å². The first-order chi connectivity index (χ1) is 8.69. The molecule has 18 heavy (non-hydrogen) atoms. The van der Waals surface area contributed by atoms with Gasteiger partial charge in [0, 0.05) is 11.3 Å². The second-order valence-corrected chi connectivity index (χ2v) is 7.01. The summed E-state index contributed by atoms with van der Waals surface area (Å²) in [7, 11) is 3.56. The molecule has 0 aromatic rings. The van der Waals surface area contributed by atoms with Crippen LogP contribution in [0.15, 0.2) is 0 Å². The number of methoxy groups -OCH3 is 1. The predicted molar refractivity (Wildman–Crippen MR) is 75.9 cm³/mol. The Morgan fingerprint density at radius 3 is 2.72 bits per heavy atom. The van der Waals surface area contributed by atoms with Gasteiger partial charge in [-0.05, 0) is 43.9 Å². The van der Waals surface area contributed by atoms with Crippen LogP contribution in [-0.4, -0.2) is 37.2 Å². The lowest BCUT2D eigenvalue weighted by Crippen LogP contribution is -2.38. The molecular weight excluding hydrogens is 246 g/mol. The number of carbonyl (C=O) groups excluding carboxylic acids is 1. The minimum atomic E-state index is -0.0399. The lowest BCUT2D eigenvalue weighted by atomic mass is 9.95. The highest BCUT2D eigenvalue weighted by Gasteiger charge is 2.45. The van der Waals surface area contributed by atoms with Gasteiger partial charge in [0.1, 0.15) is 0 Å². The molecule has 0 amide bonds. The topological polar surface area (TPSA) is 38.3 Å². The summed E-state index contributed by atoms with van der Waals surface area (Å²) in [6, 6.07) is 0.665. The van der Waals surface area contributed by atoms with Crippen LogP contribution in [0, 0.1) is 5.41 Å². The highest BCUT2D eigenvalue weighted by Crippen LogP contribution is 2.52. The molecule has 0 aliphatic heterocycles. The van der Waals surface area contributed by atoms with E-state index in [4.69, 9.17) is 4.74 Å². The predicted octanol–water partition coefficient (Wildman–Crippen LogP) is 2.59. The minimum absolute atomic E-state index is 0.0399. The molecule has 2 atom stereocenters. The molecule has 2 fully saturated rings. The Morgan fingerprint density at radius 1 is 1.39 bits per heavy atom. The molecule has 0 heterocycles. The van der Waals surface area contributed by atoms with Crippen molar-refractivity contribution in [3.05, 3.63) is 0 Å². The van der Waals surface area contributed by atoms with Crippen LogP contribution in [0.1, 0.15) is 44.9 Å². The van der Waals surface area contributed by atoms with E-state index in [1.54, 1.807) is 0 Å². The van der Waals surface area contributed by atoms with Gasteiger partial charge in [0.2, 0.25) is 0 Å². The first-order valence-corrected chi connectivity index (χ1v) is 8.10. The zero-order valence-corrected chi connectivity index (χ0v) is 12.4. The molecule has 4 heteroatoms. The van der Waals surface area contributed by atoms with Gasteiger partial charge in [-0.15, -0.1) is 0 Å². The highest BCUT2D eigenvalue weighted by molar-refractivity contribution is 8.00. The van der Waals surface area contributed by atoms with Crippen molar-refractivity contribution in [2.45, 2.75) is 56.2 Å². The van der Waals surface area contributed by atoms with Gasteiger partial charge >= 0.3 is 5.97 Å². The van der Waals surface area contributed by atoms with E-state index in [1.165, 1.54) is 45.6 Å². The Morgan fingerprint density at radius 2 is 2.11 bits per heavy atom. The number of nitrogens with one attached hydrogen (secondary N) is 1. The van der Waals surface area contributed by atoms with Crippen molar-refractivity contribution in [3.8, 4) is 0 Å². The van der Waals surface area contributed by atoms with Crippen LogP contribution < -0.4 is 5.32 Å². The van der Waals surface area contributed by atoms with E-state index < -0.39 is 0 Å². The van der Waals surface area contributed by atoms with Gasteiger partial charge in [-0.1, -0.05) is 12.8 Å². The Kier molecular flexibility index (Phi) is 4.96. The molecular formula is C14H25NO2S. The SMILES string of the molecule is CNC1CCCCC1SCC1(CC(=O)OC)CC1. The quantitative estimate of drug-likeness (QED) is 0.754. The van der Waals surface area contributed by atoms with Crippen molar-refractivity contribution in [1.82, 2.24) is 5.32 Å². The number of hydrogen-bond acceptors (Lipinski definition) is 4. The minimum Gasteiger partial charge on any atom is -0.469 e. The Hall–Kier alpha value is -0.220. The van der Waals surface area contributed by atoms with Gasteiger partial charge in [0.05, 0.1) is 13.5 Å². The van der Waals surface area contributed by atoms with Gasteiger partial charge in [-0.25, -0.2) is 0 Å². The first kappa shape index (κ1) is 14.2. The van der Waals surface area contributed by atoms with Crippen molar-refractivity contribution < 1.29 is 9.53 Å². The average molecular weight is 271 g/mol. The number of hydrogen-bond donors (Lipinski definition) is 1. The van der Waals surface area contributed by atoms with Crippen molar-refractivity contribution in [3.63, 3.8) is 0 Å². The molecule has 104 valence electrons. The number of esters is 1. The standard InChI is InChI=1S/C14H25NO2S/c1-15-11-5-3-4-6-12(11)18-10-14(7-8-14)9-13(16)17-2/h11-12,15H,3-10H2,1-2H3. The molecule has 2 aliphatic rings.